The van der Waals surface area contributed by atoms with E-state index in [1.807, 2.05) is 36.4 Å². The Hall–Kier alpha value is -5.23. The van der Waals surface area contributed by atoms with Crippen LogP contribution in [0.15, 0.2) is 121 Å². The molecule has 5 aromatic rings. The summed E-state index contributed by atoms with van der Waals surface area (Å²) in [6.45, 7) is 0.840. The fraction of sp³-hybridized carbons (Fsp3) is 0.135. The Morgan fingerprint density at radius 3 is 2.30 bits per heavy atom. The topological polar surface area (TPSA) is 61.4 Å². The molecule has 2 N–H and O–H groups in total. The monoisotopic (exact) mass is 569 g/mol. The fourth-order valence-corrected chi connectivity index (χ4v) is 5.52. The molecule has 5 aromatic carbocycles. The molecule has 2 amide bonds. The molecule has 0 radical (unpaired) electrons. The summed E-state index contributed by atoms with van der Waals surface area (Å²) in [6, 6.07) is 38.1. The van der Waals surface area contributed by atoms with E-state index in [0.29, 0.717) is 28.9 Å². The summed E-state index contributed by atoms with van der Waals surface area (Å²) in [5, 5.41) is 5.91. The minimum Gasteiger partial charge on any atom is -0.348 e. The Kier molecular flexibility index (Phi) is 8.27. The van der Waals surface area contributed by atoms with E-state index < -0.39 is 6.67 Å². The molecule has 0 aromatic heterocycles. The summed E-state index contributed by atoms with van der Waals surface area (Å²) in [5.74, 6) is -0.516. The number of fused-ring (bicyclic) bond motifs is 1. The fourth-order valence-electron chi connectivity index (χ4n) is 5.52. The van der Waals surface area contributed by atoms with E-state index in [4.69, 9.17) is 0 Å². The van der Waals surface area contributed by atoms with Gasteiger partial charge in [0.15, 0.2) is 0 Å². The molecule has 0 spiro atoms. The molecule has 1 aliphatic rings. The van der Waals surface area contributed by atoms with Crippen LogP contribution in [0.3, 0.4) is 0 Å². The number of hydrogen-bond acceptors (Lipinski definition) is 3. The van der Waals surface area contributed by atoms with E-state index in [1.165, 1.54) is 11.3 Å². The molecule has 5 nitrogen and oxygen atoms in total. The van der Waals surface area contributed by atoms with Crippen molar-refractivity contribution in [3.05, 3.63) is 149 Å². The Morgan fingerprint density at radius 1 is 0.744 bits per heavy atom. The number of aryl methyl sites for hydroxylation is 1. The maximum atomic E-state index is 13.3. The van der Waals surface area contributed by atoms with Crippen molar-refractivity contribution < 1.29 is 14.0 Å². The molecule has 214 valence electrons. The third-order valence-corrected chi connectivity index (χ3v) is 7.78. The number of nitrogens with zero attached hydrogens (tertiary/aromatic N) is 1. The van der Waals surface area contributed by atoms with Gasteiger partial charge in [0.25, 0.3) is 11.8 Å². The van der Waals surface area contributed by atoms with E-state index in [0.717, 1.165) is 41.8 Å². The van der Waals surface area contributed by atoms with Gasteiger partial charge in [0.2, 0.25) is 0 Å². The molecule has 1 aliphatic heterocycles. The minimum absolute atomic E-state index is 0.224. The number of rotatable bonds is 8. The van der Waals surface area contributed by atoms with Gasteiger partial charge in [-0.2, -0.15) is 0 Å². The zero-order chi connectivity index (χ0) is 29.6. The molecule has 0 fully saturated rings. The molecule has 6 rings (SSSR count). The van der Waals surface area contributed by atoms with Crippen LogP contribution in [0.5, 0.6) is 0 Å². The lowest BCUT2D eigenvalue weighted by Gasteiger charge is -2.31. The van der Waals surface area contributed by atoms with Gasteiger partial charge < -0.3 is 15.5 Å². The number of benzene rings is 5. The van der Waals surface area contributed by atoms with Crippen molar-refractivity contribution in [1.29, 1.82) is 0 Å². The van der Waals surface area contributed by atoms with Crippen LogP contribution in [-0.4, -0.2) is 18.4 Å². The Labute approximate surface area is 251 Å². The van der Waals surface area contributed by atoms with E-state index in [1.54, 1.807) is 48.5 Å². The highest BCUT2D eigenvalue weighted by molar-refractivity contribution is 6.09. The summed E-state index contributed by atoms with van der Waals surface area (Å²) < 4.78 is 13.0. The molecule has 0 atom stereocenters. The lowest BCUT2D eigenvalue weighted by atomic mass is 9.98. The second-order valence-electron chi connectivity index (χ2n) is 10.6. The number of alkyl halides is 1. The van der Waals surface area contributed by atoms with Crippen LogP contribution in [0, 0.1) is 0 Å². The maximum Gasteiger partial charge on any atom is 0.256 e. The van der Waals surface area contributed by atoms with Crippen LogP contribution in [0.2, 0.25) is 0 Å². The molecule has 0 bridgehead atoms. The average molecular weight is 570 g/mol. The van der Waals surface area contributed by atoms with Crippen molar-refractivity contribution in [3.63, 3.8) is 0 Å². The first-order chi connectivity index (χ1) is 21.1. The lowest BCUT2D eigenvalue weighted by Crippen LogP contribution is -2.25. The SMILES string of the molecule is O=C(NCc1ccc(N2CCCc3ccccc32)cc1)c1cccc(NC(=O)c2ccccc2-c2ccc(CF)cc2)c1. The minimum atomic E-state index is -0.535. The number of amides is 2. The normalized spacial score (nSPS) is 12.3. The zero-order valence-corrected chi connectivity index (χ0v) is 23.7. The third-order valence-electron chi connectivity index (χ3n) is 7.78. The molecule has 1 heterocycles. The molecule has 0 unspecified atom stereocenters. The Morgan fingerprint density at radius 2 is 1.49 bits per heavy atom. The van der Waals surface area contributed by atoms with Crippen molar-refractivity contribution in [2.45, 2.75) is 26.1 Å². The van der Waals surface area contributed by atoms with Gasteiger partial charge in [-0.3, -0.25) is 9.59 Å². The summed E-state index contributed by atoms with van der Waals surface area (Å²) in [5.41, 5.74) is 8.39. The van der Waals surface area contributed by atoms with Crippen LogP contribution >= 0.6 is 0 Å². The molecular formula is C37H32FN3O2. The van der Waals surface area contributed by atoms with E-state index in [2.05, 4.69) is 51.9 Å². The van der Waals surface area contributed by atoms with E-state index in [9.17, 15) is 14.0 Å². The highest BCUT2D eigenvalue weighted by atomic mass is 19.1. The highest BCUT2D eigenvalue weighted by Crippen LogP contribution is 2.33. The van der Waals surface area contributed by atoms with Crippen LogP contribution < -0.4 is 15.5 Å². The summed E-state index contributed by atoms with van der Waals surface area (Å²) in [6.07, 6.45) is 2.22. The van der Waals surface area contributed by atoms with Gasteiger partial charge in [-0.05, 0) is 83.1 Å². The summed E-state index contributed by atoms with van der Waals surface area (Å²) in [4.78, 5) is 28.6. The molecule has 0 aliphatic carbocycles. The second-order valence-corrected chi connectivity index (χ2v) is 10.6. The quantitative estimate of drug-likeness (QED) is 0.199. The maximum absolute atomic E-state index is 13.3. The zero-order valence-electron chi connectivity index (χ0n) is 23.7. The first-order valence-electron chi connectivity index (χ1n) is 14.5. The summed E-state index contributed by atoms with van der Waals surface area (Å²) in [7, 11) is 0. The van der Waals surface area contributed by atoms with Gasteiger partial charge in [0.05, 0.1) is 0 Å². The highest BCUT2D eigenvalue weighted by Gasteiger charge is 2.18. The molecule has 6 heteroatoms. The van der Waals surface area contributed by atoms with Gasteiger partial charge in [-0.1, -0.05) is 78.9 Å². The number of nitrogens with one attached hydrogen (secondary N) is 2. The number of carbonyl (C=O) groups excluding carboxylic acids is 2. The van der Waals surface area contributed by atoms with Crippen molar-refractivity contribution in [3.8, 4) is 11.1 Å². The number of para-hydroxylation sites is 1. The first-order valence-corrected chi connectivity index (χ1v) is 14.5. The number of anilines is 3. The van der Waals surface area contributed by atoms with Crippen molar-refractivity contribution >= 4 is 28.9 Å². The van der Waals surface area contributed by atoms with Crippen molar-refractivity contribution in [2.75, 3.05) is 16.8 Å². The standard InChI is InChI=1S/C37H32FN3O2/c38-24-26-14-18-28(19-15-26)33-11-2-3-12-34(33)37(43)40-31-10-5-8-30(23-31)36(42)39-25-27-16-20-32(21-17-27)41-22-6-9-29-7-1-4-13-35(29)41/h1-5,7-8,10-21,23H,6,9,22,24-25H2,(H,39,42)(H,40,43). The van der Waals surface area contributed by atoms with Crippen molar-refractivity contribution in [1.82, 2.24) is 5.32 Å². The predicted octanol–water partition coefficient (Wildman–Crippen LogP) is 8.09. The predicted molar refractivity (Wildman–Crippen MR) is 170 cm³/mol. The first kappa shape index (κ1) is 27.9. The number of carbonyl (C=O) groups is 2. The second kappa shape index (κ2) is 12.7. The van der Waals surface area contributed by atoms with Gasteiger partial charge in [-0.25, -0.2) is 4.39 Å². The molecule has 43 heavy (non-hydrogen) atoms. The average Bonchev–Trinajstić information content (AvgIpc) is 3.07. The van der Waals surface area contributed by atoms with Gasteiger partial charge in [0.1, 0.15) is 6.67 Å². The Balaban J connectivity index is 1.09. The van der Waals surface area contributed by atoms with Crippen LogP contribution in [0.4, 0.5) is 21.5 Å². The molecule has 0 saturated carbocycles. The third kappa shape index (κ3) is 6.33. The van der Waals surface area contributed by atoms with E-state index >= 15 is 0 Å². The van der Waals surface area contributed by atoms with Crippen LogP contribution in [-0.2, 0) is 19.6 Å². The van der Waals surface area contributed by atoms with Crippen molar-refractivity contribution in [2.24, 2.45) is 0 Å². The van der Waals surface area contributed by atoms with E-state index in [-0.39, 0.29) is 11.8 Å². The van der Waals surface area contributed by atoms with Crippen LogP contribution in [0.25, 0.3) is 11.1 Å². The smallest absolute Gasteiger partial charge is 0.256 e. The largest absolute Gasteiger partial charge is 0.348 e. The number of hydrogen-bond donors (Lipinski definition) is 2. The summed E-state index contributed by atoms with van der Waals surface area (Å²) >= 11 is 0. The molecule has 0 saturated heterocycles. The lowest BCUT2D eigenvalue weighted by molar-refractivity contribution is 0.0949. The van der Waals surface area contributed by atoms with Gasteiger partial charge in [-0.15, -0.1) is 0 Å². The number of halogens is 1. The molecular weight excluding hydrogens is 537 g/mol. The van der Waals surface area contributed by atoms with Gasteiger partial charge in [0, 0.05) is 41.3 Å². The van der Waals surface area contributed by atoms with Crippen LogP contribution in [0.1, 0.15) is 43.8 Å². The van der Waals surface area contributed by atoms with Gasteiger partial charge >= 0.3 is 0 Å². The Bertz CT molecular complexity index is 1750.